The fraction of sp³-hybridized carbons (Fsp3) is 0.222. The number of hydrogen-bond donors (Lipinski definition) is 2. The predicted molar refractivity (Wildman–Crippen MR) is 110 cm³/mol. The number of ether oxygens (including phenoxy) is 1. The Balaban J connectivity index is 1.77. The molecule has 0 aliphatic heterocycles. The van der Waals surface area contributed by atoms with E-state index in [1.807, 2.05) is 0 Å². The van der Waals surface area contributed by atoms with Gasteiger partial charge in [-0.05, 0) is 66.7 Å². The van der Waals surface area contributed by atoms with Crippen molar-refractivity contribution in [1.82, 2.24) is 24.9 Å². The number of rotatable bonds is 7. The Bertz CT molecular complexity index is 1160. The summed E-state index contributed by atoms with van der Waals surface area (Å²) in [6.45, 7) is 3.16. The van der Waals surface area contributed by atoms with Crippen molar-refractivity contribution < 1.29 is 17.9 Å². The molecule has 3 aromatic rings. The van der Waals surface area contributed by atoms with Gasteiger partial charge in [0.1, 0.15) is 11.4 Å². The lowest BCUT2D eigenvalue weighted by atomic mass is 10.2. The normalized spacial score (nSPS) is 12.4. The van der Waals surface area contributed by atoms with Crippen molar-refractivity contribution in [2.24, 2.45) is 0 Å². The zero-order valence-corrected chi connectivity index (χ0v) is 17.9. The first kappa shape index (κ1) is 21.7. The number of nitrogens with one attached hydrogen (secondary N) is 2. The Kier molecular flexibility index (Phi) is 6.34. The minimum Gasteiger partial charge on any atom is -0.494 e. The SMILES string of the molecule is COc1ccc(NC(=O)[C@H](C)NS(=O)(=O)c2ccc(Cl)cc2)cc1-n1nnnc1C. The van der Waals surface area contributed by atoms with Crippen LogP contribution in [0.2, 0.25) is 5.02 Å². The van der Waals surface area contributed by atoms with E-state index in [-0.39, 0.29) is 4.90 Å². The molecule has 0 bridgehead atoms. The number of aryl methyl sites for hydroxylation is 1. The summed E-state index contributed by atoms with van der Waals surface area (Å²) in [6, 6.07) is 9.50. The van der Waals surface area contributed by atoms with Crippen LogP contribution in [0.25, 0.3) is 5.69 Å². The van der Waals surface area contributed by atoms with Gasteiger partial charge in [-0.2, -0.15) is 9.40 Å². The summed E-state index contributed by atoms with van der Waals surface area (Å²) in [5.41, 5.74) is 0.940. The molecular formula is C18H19ClN6O4S. The van der Waals surface area contributed by atoms with Crippen molar-refractivity contribution in [2.75, 3.05) is 12.4 Å². The second-order valence-corrected chi connectivity index (χ2v) is 8.46. The summed E-state index contributed by atoms with van der Waals surface area (Å²) in [5.74, 6) is 0.484. The minimum atomic E-state index is -3.89. The molecule has 2 N–H and O–H groups in total. The number of methoxy groups -OCH3 is 1. The van der Waals surface area contributed by atoms with Crippen LogP contribution in [0.3, 0.4) is 0 Å². The number of carbonyl (C=O) groups excluding carboxylic acids is 1. The van der Waals surface area contributed by atoms with Gasteiger partial charge in [-0.15, -0.1) is 5.10 Å². The van der Waals surface area contributed by atoms with Crippen LogP contribution in [-0.4, -0.2) is 47.7 Å². The molecule has 0 unspecified atom stereocenters. The molecule has 0 spiro atoms. The maximum Gasteiger partial charge on any atom is 0.242 e. The van der Waals surface area contributed by atoms with Crippen LogP contribution in [0.5, 0.6) is 5.75 Å². The molecule has 158 valence electrons. The molecule has 12 heteroatoms. The summed E-state index contributed by atoms with van der Waals surface area (Å²) < 4.78 is 34.1. The Morgan fingerprint density at radius 3 is 2.50 bits per heavy atom. The molecule has 10 nitrogen and oxygen atoms in total. The van der Waals surface area contributed by atoms with E-state index < -0.39 is 22.0 Å². The number of nitrogens with zero attached hydrogens (tertiary/aromatic N) is 4. The van der Waals surface area contributed by atoms with Gasteiger partial charge >= 0.3 is 0 Å². The Morgan fingerprint density at radius 2 is 1.90 bits per heavy atom. The molecule has 0 aliphatic rings. The zero-order chi connectivity index (χ0) is 21.9. The second-order valence-electron chi connectivity index (χ2n) is 6.31. The summed E-state index contributed by atoms with van der Waals surface area (Å²) in [5, 5.41) is 14.4. The number of amides is 1. The predicted octanol–water partition coefficient (Wildman–Crippen LogP) is 1.94. The van der Waals surface area contributed by atoms with Crippen LogP contribution in [0.1, 0.15) is 12.7 Å². The smallest absolute Gasteiger partial charge is 0.242 e. The highest BCUT2D eigenvalue weighted by atomic mass is 35.5. The number of carbonyl (C=O) groups is 1. The van der Waals surface area contributed by atoms with Crippen LogP contribution in [0, 0.1) is 6.92 Å². The van der Waals surface area contributed by atoms with Gasteiger partial charge in [0.05, 0.1) is 18.0 Å². The molecule has 2 aromatic carbocycles. The second kappa shape index (κ2) is 8.78. The number of halogens is 1. The number of sulfonamides is 1. The highest BCUT2D eigenvalue weighted by Crippen LogP contribution is 2.26. The molecule has 0 saturated carbocycles. The van der Waals surface area contributed by atoms with Gasteiger partial charge in [0, 0.05) is 10.7 Å². The van der Waals surface area contributed by atoms with Gasteiger partial charge in [-0.1, -0.05) is 11.6 Å². The molecule has 3 rings (SSSR count). The summed E-state index contributed by atoms with van der Waals surface area (Å²) in [7, 11) is -2.39. The lowest BCUT2D eigenvalue weighted by molar-refractivity contribution is -0.117. The molecule has 30 heavy (non-hydrogen) atoms. The van der Waals surface area contributed by atoms with E-state index in [0.29, 0.717) is 28.0 Å². The third-order valence-corrected chi connectivity index (χ3v) is 5.96. The first-order valence-corrected chi connectivity index (χ1v) is 10.6. The minimum absolute atomic E-state index is 0.00689. The Morgan fingerprint density at radius 1 is 1.20 bits per heavy atom. The largest absolute Gasteiger partial charge is 0.494 e. The molecule has 1 aromatic heterocycles. The number of tetrazole rings is 1. The van der Waals surface area contributed by atoms with Crippen molar-refractivity contribution >= 4 is 33.2 Å². The van der Waals surface area contributed by atoms with Crippen molar-refractivity contribution in [1.29, 1.82) is 0 Å². The van der Waals surface area contributed by atoms with E-state index in [9.17, 15) is 13.2 Å². The summed E-state index contributed by atoms with van der Waals surface area (Å²) in [4.78, 5) is 12.6. The fourth-order valence-corrected chi connectivity index (χ4v) is 3.94. The number of aromatic nitrogens is 4. The van der Waals surface area contributed by atoms with Gasteiger partial charge in [0.25, 0.3) is 0 Å². The Hall–Kier alpha value is -3.02. The fourth-order valence-electron chi connectivity index (χ4n) is 2.61. The van der Waals surface area contributed by atoms with E-state index >= 15 is 0 Å². The average Bonchev–Trinajstić information content (AvgIpc) is 3.13. The molecule has 1 heterocycles. The maximum absolute atomic E-state index is 12.6. The first-order chi connectivity index (χ1) is 14.2. The Labute approximate surface area is 178 Å². The van der Waals surface area contributed by atoms with Crippen LogP contribution >= 0.6 is 11.6 Å². The number of hydrogen-bond acceptors (Lipinski definition) is 7. The molecule has 1 amide bonds. The van der Waals surface area contributed by atoms with E-state index in [4.69, 9.17) is 16.3 Å². The van der Waals surface area contributed by atoms with Gasteiger partial charge in [-0.3, -0.25) is 4.79 Å². The van der Waals surface area contributed by atoms with Crippen LogP contribution < -0.4 is 14.8 Å². The van der Waals surface area contributed by atoms with Gasteiger partial charge in [0.2, 0.25) is 15.9 Å². The van der Waals surface area contributed by atoms with Crippen molar-refractivity contribution in [3.8, 4) is 11.4 Å². The number of anilines is 1. The van der Waals surface area contributed by atoms with E-state index in [0.717, 1.165) is 0 Å². The highest BCUT2D eigenvalue weighted by Gasteiger charge is 2.22. The maximum atomic E-state index is 12.6. The molecule has 0 fully saturated rings. The molecule has 0 aliphatic carbocycles. The molecule has 0 radical (unpaired) electrons. The van der Waals surface area contributed by atoms with E-state index in [2.05, 4.69) is 25.6 Å². The third kappa shape index (κ3) is 4.75. The van der Waals surface area contributed by atoms with Crippen molar-refractivity contribution in [2.45, 2.75) is 24.8 Å². The van der Waals surface area contributed by atoms with Crippen molar-refractivity contribution in [3.05, 3.63) is 53.3 Å². The summed E-state index contributed by atoms with van der Waals surface area (Å²) >= 11 is 5.79. The van der Waals surface area contributed by atoms with Gasteiger partial charge in [-0.25, -0.2) is 8.42 Å². The number of benzene rings is 2. The standard InChI is InChI=1S/C18H19ClN6O4S/c1-11(22-30(27,28)15-7-4-13(19)5-8-15)18(26)20-14-6-9-17(29-3)16(10-14)25-12(2)21-23-24-25/h4-11,22H,1-3H3,(H,20,26)/t11-/m0/s1. The highest BCUT2D eigenvalue weighted by molar-refractivity contribution is 7.89. The average molecular weight is 451 g/mol. The van der Waals surface area contributed by atoms with Crippen LogP contribution in [0.15, 0.2) is 47.4 Å². The third-order valence-electron chi connectivity index (χ3n) is 4.15. The van der Waals surface area contributed by atoms with E-state index in [1.54, 1.807) is 25.1 Å². The topological polar surface area (TPSA) is 128 Å². The van der Waals surface area contributed by atoms with Gasteiger partial charge in [0.15, 0.2) is 5.82 Å². The summed E-state index contributed by atoms with van der Waals surface area (Å²) in [6.07, 6.45) is 0. The molecule has 0 saturated heterocycles. The van der Waals surface area contributed by atoms with Gasteiger partial charge < -0.3 is 10.1 Å². The van der Waals surface area contributed by atoms with Crippen LogP contribution in [-0.2, 0) is 14.8 Å². The lowest BCUT2D eigenvalue weighted by Gasteiger charge is -2.16. The molecule has 1 atom stereocenters. The monoisotopic (exact) mass is 450 g/mol. The first-order valence-electron chi connectivity index (χ1n) is 8.73. The zero-order valence-electron chi connectivity index (χ0n) is 16.3. The van der Waals surface area contributed by atoms with Crippen LogP contribution in [0.4, 0.5) is 5.69 Å². The van der Waals surface area contributed by atoms with Crippen molar-refractivity contribution in [3.63, 3.8) is 0 Å². The molecular weight excluding hydrogens is 432 g/mol. The van der Waals surface area contributed by atoms with E-state index in [1.165, 1.54) is 43.0 Å². The lowest BCUT2D eigenvalue weighted by Crippen LogP contribution is -2.41. The quantitative estimate of drug-likeness (QED) is 0.562.